The average Bonchev–Trinajstić information content (AvgIpc) is 3.74. The first-order valence-electron chi connectivity index (χ1n) is 14.5. The van der Waals surface area contributed by atoms with Gasteiger partial charge in [0, 0.05) is 30.2 Å². The second-order valence-electron chi connectivity index (χ2n) is 10.6. The van der Waals surface area contributed by atoms with Crippen molar-refractivity contribution in [2.45, 2.75) is 13.0 Å². The summed E-state index contributed by atoms with van der Waals surface area (Å²) in [5.41, 5.74) is 10.0. The van der Waals surface area contributed by atoms with Gasteiger partial charge in [-0.25, -0.2) is 8.78 Å². The van der Waals surface area contributed by atoms with Gasteiger partial charge >= 0.3 is 0 Å². The van der Waals surface area contributed by atoms with Gasteiger partial charge in [0.2, 0.25) is 5.95 Å². The summed E-state index contributed by atoms with van der Waals surface area (Å²) in [6.07, 6.45) is 5.13. The van der Waals surface area contributed by atoms with Crippen LogP contribution in [0.25, 0.3) is 11.8 Å². The number of fused-ring (bicyclic) bond motifs is 1. The number of carbonyl (C=O) groups is 1. The highest BCUT2D eigenvalue weighted by Gasteiger charge is 2.24. The zero-order chi connectivity index (χ0) is 34.9. The Bertz CT molecular complexity index is 2070. The van der Waals surface area contributed by atoms with Gasteiger partial charge in [0.25, 0.3) is 0 Å². The van der Waals surface area contributed by atoms with Crippen LogP contribution in [0.1, 0.15) is 38.7 Å². The molecule has 1 atom stereocenters. The zero-order valence-corrected chi connectivity index (χ0v) is 30.4. The number of hydrogen-bond acceptors (Lipinski definition) is 9. The molecule has 0 saturated carbocycles. The van der Waals surface area contributed by atoms with E-state index in [1.807, 2.05) is 61.5 Å². The molecule has 0 saturated heterocycles. The standard InChI is InChI=1S/C17H13BrFN5.C15H9Br2FO.C2H4N4/c1-10-3-2-4-11(5-10)16-9-15(20-17-21-22-23-24(16)17)12-6-13(18)8-14(19)7-12;16-12-3-1-2-10(6-12)4-5-15(19)11-7-13(17)9-14(18)8-11;3-2-1-4-6-5-2/h2-9,16H,1H3,(H,20,21,23);1-9H;1H2,(H2,3,4,5)/b;5-4+;. The number of amidine groups is 1. The van der Waals surface area contributed by atoms with Crippen LogP contribution in [0, 0.1) is 18.6 Å². The quantitative estimate of drug-likeness (QED) is 0.134. The predicted molar refractivity (Wildman–Crippen MR) is 196 cm³/mol. The summed E-state index contributed by atoms with van der Waals surface area (Å²) >= 11 is 9.86. The molecular formula is C34H26Br3F2N9O. The molecular weight excluding hydrogens is 828 g/mol. The number of nitrogens with one attached hydrogen (secondary N) is 1. The van der Waals surface area contributed by atoms with Gasteiger partial charge in [-0.3, -0.25) is 4.79 Å². The van der Waals surface area contributed by atoms with Crippen LogP contribution in [-0.2, 0) is 0 Å². The molecule has 4 aromatic carbocycles. The normalized spacial score (nSPS) is 14.4. The monoisotopic (exact) mass is 851 g/mol. The highest BCUT2D eigenvalue weighted by Crippen LogP contribution is 2.33. The lowest BCUT2D eigenvalue weighted by Crippen LogP contribution is -2.20. The SMILES string of the molecule is Cc1cccc(C2C=C(c3cc(F)cc(Br)c3)Nc3nnnn32)c1.NC1=NN=NC1.O=C(/C=C/c1cccc(Br)c1)c1cc(F)cc(Br)c1. The summed E-state index contributed by atoms with van der Waals surface area (Å²) in [5, 5.41) is 25.1. The number of benzene rings is 4. The number of nitrogens with zero attached hydrogens (tertiary/aromatic N) is 7. The van der Waals surface area contributed by atoms with Gasteiger partial charge in [0.15, 0.2) is 5.78 Å². The number of anilines is 1. The van der Waals surface area contributed by atoms with Crippen molar-refractivity contribution in [1.82, 2.24) is 20.2 Å². The number of aromatic nitrogens is 4. The highest BCUT2D eigenvalue weighted by molar-refractivity contribution is 9.11. The maximum atomic E-state index is 13.8. The number of rotatable bonds is 5. The number of halogens is 5. The number of ketones is 1. The topological polar surface area (TPSA) is 136 Å². The Kier molecular flexibility index (Phi) is 12.0. The summed E-state index contributed by atoms with van der Waals surface area (Å²) < 4.78 is 30.8. The largest absolute Gasteiger partial charge is 0.384 e. The summed E-state index contributed by atoms with van der Waals surface area (Å²) in [6, 6.07) is 24.5. The molecule has 49 heavy (non-hydrogen) atoms. The molecule has 3 heterocycles. The minimum atomic E-state index is -0.436. The van der Waals surface area contributed by atoms with Crippen LogP contribution in [0.3, 0.4) is 0 Å². The molecule has 1 unspecified atom stereocenters. The second-order valence-corrected chi connectivity index (χ2v) is 13.3. The van der Waals surface area contributed by atoms with Crippen LogP contribution in [0.15, 0.2) is 126 Å². The van der Waals surface area contributed by atoms with E-state index in [9.17, 15) is 13.6 Å². The van der Waals surface area contributed by atoms with Gasteiger partial charge in [-0.1, -0.05) is 101 Å². The van der Waals surface area contributed by atoms with E-state index in [0.29, 0.717) is 32.8 Å². The third kappa shape index (κ3) is 10.1. The van der Waals surface area contributed by atoms with Gasteiger partial charge in [0.1, 0.15) is 30.1 Å². The minimum Gasteiger partial charge on any atom is -0.384 e. The fourth-order valence-electron chi connectivity index (χ4n) is 4.62. The molecule has 0 amide bonds. The number of aryl methyl sites for hydroxylation is 1. The number of nitrogens with two attached hydrogens (primary N) is 1. The number of hydrogen-bond donors (Lipinski definition) is 2. The van der Waals surface area contributed by atoms with E-state index in [1.54, 1.807) is 16.8 Å². The molecule has 248 valence electrons. The van der Waals surface area contributed by atoms with E-state index in [1.165, 1.54) is 30.3 Å². The van der Waals surface area contributed by atoms with E-state index >= 15 is 0 Å². The molecule has 2 aliphatic rings. The molecule has 1 aromatic heterocycles. The molecule has 15 heteroatoms. The first kappa shape index (κ1) is 35.6. The first-order valence-corrected chi connectivity index (χ1v) is 16.8. The van der Waals surface area contributed by atoms with E-state index < -0.39 is 5.82 Å². The van der Waals surface area contributed by atoms with Crippen LogP contribution in [0.4, 0.5) is 14.7 Å². The van der Waals surface area contributed by atoms with Crippen molar-refractivity contribution in [2.24, 2.45) is 21.2 Å². The molecule has 0 radical (unpaired) electrons. The summed E-state index contributed by atoms with van der Waals surface area (Å²) in [6.45, 7) is 2.51. The average molecular weight is 854 g/mol. The Labute approximate surface area is 305 Å². The maximum absolute atomic E-state index is 13.8. The minimum absolute atomic E-state index is 0.159. The lowest BCUT2D eigenvalue weighted by molar-refractivity contribution is 0.104. The molecule has 0 fully saturated rings. The predicted octanol–water partition coefficient (Wildman–Crippen LogP) is 8.91. The van der Waals surface area contributed by atoms with E-state index in [2.05, 4.69) is 90.1 Å². The Morgan fingerprint density at radius 3 is 2.35 bits per heavy atom. The van der Waals surface area contributed by atoms with Crippen LogP contribution in [-0.4, -0.2) is 38.4 Å². The van der Waals surface area contributed by atoms with Gasteiger partial charge in [-0.05, 0) is 94.4 Å². The van der Waals surface area contributed by atoms with Crippen LogP contribution in [0.5, 0.6) is 0 Å². The first-order chi connectivity index (χ1) is 23.5. The van der Waals surface area contributed by atoms with E-state index in [0.717, 1.165) is 32.4 Å². The third-order valence-corrected chi connectivity index (χ3v) is 8.19. The van der Waals surface area contributed by atoms with Gasteiger partial charge in [-0.2, -0.15) is 9.80 Å². The Morgan fingerprint density at radius 1 is 0.939 bits per heavy atom. The molecule has 7 rings (SSSR count). The van der Waals surface area contributed by atoms with Gasteiger partial charge in [-0.15, -0.1) is 5.10 Å². The van der Waals surface area contributed by atoms with Crippen LogP contribution < -0.4 is 11.1 Å². The molecule has 10 nitrogen and oxygen atoms in total. The second kappa shape index (κ2) is 16.6. The molecule has 0 spiro atoms. The van der Waals surface area contributed by atoms with Crippen molar-refractivity contribution in [1.29, 1.82) is 0 Å². The molecule has 0 aliphatic carbocycles. The Balaban J connectivity index is 0.000000167. The van der Waals surface area contributed by atoms with Crippen LogP contribution >= 0.6 is 47.8 Å². The lowest BCUT2D eigenvalue weighted by atomic mass is 10.0. The van der Waals surface area contributed by atoms with Crippen molar-refractivity contribution in [2.75, 3.05) is 11.9 Å². The molecule has 3 N–H and O–H groups in total. The van der Waals surface area contributed by atoms with Crippen LogP contribution in [0.2, 0.25) is 0 Å². The van der Waals surface area contributed by atoms with Crippen molar-refractivity contribution < 1.29 is 13.6 Å². The number of allylic oxidation sites excluding steroid dienone is 2. The van der Waals surface area contributed by atoms with E-state index in [4.69, 9.17) is 5.73 Å². The molecule has 0 bridgehead atoms. The molecule has 2 aliphatic heterocycles. The van der Waals surface area contributed by atoms with Gasteiger partial charge in [0.05, 0.1) is 0 Å². The third-order valence-electron chi connectivity index (χ3n) is 6.78. The van der Waals surface area contributed by atoms with Gasteiger partial charge < -0.3 is 11.1 Å². The summed E-state index contributed by atoms with van der Waals surface area (Å²) in [7, 11) is 0. The highest BCUT2D eigenvalue weighted by atomic mass is 79.9. The van der Waals surface area contributed by atoms with E-state index in [-0.39, 0.29) is 17.6 Å². The smallest absolute Gasteiger partial charge is 0.248 e. The zero-order valence-electron chi connectivity index (χ0n) is 25.6. The van der Waals surface area contributed by atoms with Crippen molar-refractivity contribution in [3.05, 3.63) is 150 Å². The van der Waals surface area contributed by atoms with Crippen molar-refractivity contribution >= 4 is 77.1 Å². The maximum Gasteiger partial charge on any atom is 0.248 e. The summed E-state index contributed by atoms with van der Waals surface area (Å²) in [5.74, 6) is 0.0440. The fourth-order valence-corrected chi connectivity index (χ4v) is 5.97. The number of tetrazole rings is 1. The Hall–Kier alpha value is -4.73. The number of carbonyl (C=O) groups excluding carboxylic acids is 1. The van der Waals surface area contributed by atoms with Crippen molar-refractivity contribution in [3.63, 3.8) is 0 Å². The lowest BCUT2D eigenvalue weighted by Gasteiger charge is -2.23. The molecule has 5 aromatic rings. The Morgan fingerprint density at radius 2 is 1.69 bits per heavy atom. The summed E-state index contributed by atoms with van der Waals surface area (Å²) in [4.78, 5) is 11.9. The van der Waals surface area contributed by atoms with Crippen molar-refractivity contribution in [3.8, 4) is 0 Å². The fraction of sp³-hybridized carbons (Fsp3) is 0.0882.